The second-order valence-electron chi connectivity index (χ2n) is 3.36. The first-order valence-corrected chi connectivity index (χ1v) is 5.61. The monoisotopic (exact) mass is 279 g/mol. The molecule has 0 bridgehead atoms. The maximum atomic E-state index is 11.6. The molecule has 0 aromatic heterocycles. The fourth-order valence-electron chi connectivity index (χ4n) is 1.53. The molecule has 2 aliphatic rings. The summed E-state index contributed by atoms with van der Waals surface area (Å²) in [5.41, 5.74) is 2.43. The van der Waals surface area contributed by atoms with Crippen molar-refractivity contribution in [1.29, 1.82) is 0 Å². The standard InChI is InChI=1S/C12H10BrNO2/c1-16-12(15)9-7-8-3-2-6-14-11(8)5-4-10(9)13/h2,4-7H,3H2,1H3. The zero-order chi connectivity index (χ0) is 11.5. The van der Waals surface area contributed by atoms with Gasteiger partial charge in [-0.1, -0.05) is 6.08 Å². The van der Waals surface area contributed by atoms with Gasteiger partial charge in [-0.3, -0.25) is 4.99 Å². The predicted molar refractivity (Wildman–Crippen MR) is 66.4 cm³/mol. The molecule has 0 saturated heterocycles. The van der Waals surface area contributed by atoms with E-state index < -0.39 is 0 Å². The lowest BCUT2D eigenvalue weighted by atomic mass is 10.0. The van der Waals surface area contributed by atoms with Crippen molar-refractivity contribution in [2.24, 2.45) is 4.99 Å². The Balaban J connectivity index is 2.47. The van der Waals surface area contributed by atoms with E-state index in [4.69, 9.17) is 4.74 Å². The second kappa shape index (κ2) is 4.61. The van der Waals surface area contributed by atoms with Crippen molar-refractivity contribution in [3.05, 3.63) is 46.1 Å². The van der Waals surface area contributed by atoms with E-state index in [9.17, 15) is 4.79 Å². The number of hydrogen-bond donors (Lipinski definition) is 0. The number of nitrogens with zero attached hydrogens (tertiary/aromatic N) is 1. The van der Waals surface area contributed by atoms with Gasteiger partial charge in [-0.15, -0.1) is 0 Å². The maximum Gasteiger partial charge on any atom is 0.339 e. The van der Waals surface area contributed by atoms with Crippen molar-refractivity contribution in [1.82, 2.24) is 0 Å². The highest BCUT2D eigenvalue weighted by atomic mass is 79.9. The van der Waals surface area contributed by atoms with E-state index >= 15 is 0 Å². The fourth-order valence-corrected chi connectivity index (χ4v) is 1.94. The smallest absolute Gasteiger partial charge is 0.339 e. The molecule has 1 heterocycles. The zero-order valence-corrected chi connectivity index (χ0v) is 10.3. The molecule has 0 radical (unpaired) electrons. The molecule has 16 heavy (non-hydrogen) atoms. The molecule has 0 saturated carbocycles. The van der Waals surface area contributed by atoms with E-state index in [-0.39, 0.29) is 5.97 Å². The SMILES string of the molecule is COC(=O)C1=C(Br)C=CC2=NC=CCC2=C1. The number of rotatable bonds is 1. The number of methoxy groups -OCH3 is 1. The van der Waals surface area contributed by atoms with E-state index in [2.05, 4.69) is 20.9 Å². The molecular formula is C12H10BrNO2. The number of allylic oxidation sites excluding steroid dienone is 5. The van der Waals surface area contributed by atoms with Crippen LogP contribution in [-0.4, -0.2) is 18.8 Å². The minimum atomic E-state index is -0.347. The van der Waals surface area contributed by atoms with Gasteiger partial charge in [0.1, 0.15) is 0 Å². The summed E-state index contributed by atoms with van der Waals surface area (Å²) in [5.74, 6) is -0.347. The summed E-state index contributed by atoms with van der Waals surface area (Å²) in [6.07, 6.45) is 10.0. The van der Waals surface area contributed by atoms with Gasteiger partial charge in [0.05, 0.1) is 18.4 Å². The Kier molecular flexibility index (Phi) is 3.19. The summed E-state index contributed by atoms with van der Waals surface area (Å²) >= 11 is 3.35. The molecule has 4 heteroatoms. The van der Waals surface area contributed by atoms with Crippen molar-refractivity contribution in [3.8, 4) is 0 Å². The van der Waals surface area contributed by atoms with Gasteiger partial charge in [0, 0.05) is 10.7 Å². The van der Waals surface area contributed by atoms with Crippen LogP contribution < -0.4 is 0 Å². The molecule has 0 spiro atoms. The molecule has 0 N–H and O–H groups in total. The quantitative estimate of drug-likeness (QED) is 0.693. The Hall–Kier alpha value is -1.42. The third-order valence-corrected chi connectivity index (χ3v) is 3.05. The molecule has 3 nitrogen and oxygen atoms in total. The molecule has 82 valence electrons. The summed E-state index contributed by atoms with van der Waals surface area (Å²) in [4.78, 5) is 15.8. The van der Waals surface area contributed by atoms with Crippen LogP contribution in [0.4, 0.5) is 0 Å². The van der Waals surface area contributed by atoms with Crippen LogP contribution in [0.2, 0.25) is 0 Å². The van der Waals surface area contributed by atoms with E-state index in [1.807, 2.05) is 24.3 Å². The van der Waals surface area contributed by atoms with Crippen LogP contribution in [0.1, 0.15) is 6.42 Å². The number of esters is 1. The first-order valence-electron chi connectivity index (χ1n) is 4.82. The largest absolute Gasteiger partial charge is 0.465 e. The lowest BCUT2D eigenvalue weighted by Crippen LogP contribution is -2.06. The molecule has 0 aromatic carbocycles. The van der Waals surface area contributed by atoms with Crippen LogP contribution in [0.5, 0.6) is 0 Å². The second-order valence-corrected chi connectivity index (χ2v) is 4.21. The Labute approximate surface area is 102 Å². The van der Waals surface area contributed by atoms with E-state index in [1.54, 1.807) is 6.20 Å². The molecule has 1 aliphatic heterocycles. The van der Waals surface area contributed by atoms with Crippen LogP contribution in [0.15, 0.2) is 51.1 Å². The lowest BCUT2D eigenvalue weighted by Gasteiger charge is -2.07. The third-order valence-electron chi connectivity index (χ3n) is 2.35. The Morgan fingerprint density at radius 3 is 3.06 bits per heavy atom. The molecule has 2 rings (SSSR count). The van der Waals surface area contributed by atoms with Crippen molar-refractivity contribution < 1.29 is 9.53 Å². The molecule has 0 amide bonds. The third kappa shape index (κ3) is 2.07. The van der Waals surface area contributed by atoms with Crippen molar-refractivity contribution in [2.75, 3.05) is 7.11 Å². The lowest BCUT2D eigenvalue weighted by molar-refractivity contribution is -0.135. The van der Waals surface area contributed by atoms with Crippen molar-refractivity contribution in [3.63, 3.8) is 0 Å². The van der Waals surface area contributed by atoms with Crippen LogP contribution in [0.3, 0.4) is 0 Å². The molecule has 0 unspecified atom stereocenters. The van der Waals surface area contributed by atoms with E-state index in [0.717, 1.165) is 17.7 Å². The van der Waals surface area contributed by atoms with E-state index in [0.29, 0.717) is 10.1 Å². The summed E-state index contributed by atoms with van der Waals surface area (Å²) < 4.78 is 5.44. The van der Waals surface area contributed by atoms with Crippen LogP contribution in [-0.2, 0) is 9.53 Å². The van der Waals surface area contributed by atoms with Crippen molar-refractivity contribution >= 4 is 27.6 Å². The van der Waals surface area contributed by atoms with Crippen LogP contribution >= 0.6 is 15.9 Å². The molecule has 0 atom stereocenters. The summed E-state index contributed by atoms with van der Waals surface area (Å²) in [6, 6.07) is 0. The minimum Gasteiger partial charge on any atom is -0.465 e. The van der Waals surface area contributed by atoms with Crippen molar-refractivity contribution in [2.45, 2.75) is 6.42 Å². The maximum absolute atomic E-state index is 11.6. The average Bonchev–Trinajstić information content (AvgIpc) is 2.48. The normalized spacial score (nSPS) is 18.6. The zero-order valence-electron chi connectivity index (χ0n) is 8.74. The highest BCUT2D eigenvalue weighted by Gasteiger charge is 2.17. The van der Waals surface area contributed by atoms with Gasteiger partial charge in [-0.05, 0) is 46.2 Å². The Morgan fingerprint density at radius 2 is 2.31 bits per heavy atom. The first kappa shape index (κ1) is 11.1. The number of hydrogen-bond acceptors (Lipinski definition) is 3. The number of aliphatic imine (C=N–C) groups is 1. The Morgan fingerprint density at radius 1 is 1.50 bits per heavy atom. The Bertz CT molecular complexity index is 481. The average molecular weight is 280 g/mol. The highest BCUT2D eigenvalue weighted by molar-refractivity contribution is 9.12. The number of fused-ring (bicyclic) bond motifs is 1. The van der Waals surface area contributed by atoms with Gasteiger partial charge in [0.25, 0.3) is 0 Å². The predicted octanol–water partition coefficient (Wildman–Crippen LogP) is 2.66. The van der Waals surface area contributed by atoms with Gasteiger partial charge in [0.2, 0.25) is 0 Å². The van der Waals surface area contributed by atoms with Crippen LogP contribution in [0.25, 0.3) is 0 Å². The van der Waals surface area contributed by atoms with Crippen LogP contribution in [0, 0.1) is 0 Å². The first-order chi connectivity index (χ1) is 7.72. The van der Waals surface area contributed by atoms with E-state index in [1.165, 1.54) is 7.11 Å². The minimum absolute atomic E-state index is 0.347. The topological polar surface area (TPSA) is 38.7 Å². The van der Waals surface area contributed by atoms with Gasteiger partial charge in [-0.2, -0.15) is 0 Å². The molecule has 0 aromatic rings. The van der Waals surface area contributed by atoms with Gasteiger partial charge in [0.15, 0.2) is 0 Å². The van der Waals surface area contributed by atoms with Gasteiger partial charge in [-0.25, -0.2) is 4.79 Å². The summed E-state index contributed by atoms with van der Waals surface area (Å²) in [5, 5.41) is 0. The number of carbonyl (C=O) groups excluding carboxylic acids is 1. The number of ether oxygens (including phenoxy) is 1. The number of carbonyl (C=O) groups is 1. The van der Waals surface area contributed by atoms with Gasteiger partial charge < -0.3 is 4.74 Å². The molecule has 0 fully saturated rings. The fraction of sp³-hybridized carbons (Fsp3) is 0.167. The molecule has 1 aliphatic carbocycles. The molecular weight excluding hydrogens is 270 g/mol. The summed E-state index contributed by atoms with van der Waals surface area (Å²) in [6.45, 7) is 0. The highest BCUT2D eigenvalue weighted by Crippen LogP contribution is 2.25. The number of halogens is 1. The summed E-state index contributed by atoms with van der Waals surface area (Å²) in [7, 11) is 1.37. The van der Waals surface area contributed by atoms with Gasteiger partial charge >= 0.3 is 5.97 Å².